The molecule has 4 nitrogen and oxygen atoms in total. The van der Waals surface area contributed by atoms with Crippen LogP contribution in [-0.2, 0) is 13.0 Å². The smallest absolute Gasteiger partial charge is 0.240 e. The maximum absolute atomic E-state index is 5.23. The molecule has 2 rings (SSSR count). The van der Waals surface area contributed by atoms with Crippen LogP contribution in [0.1, 0.15) is 57.7 Å². The van der Waals surface area contributed by atoms with E-state index in [0.717, 1.165) is 31.1 Å². The highest BCUT2D eigenvalue weighted by molar-refractivity contribution is 4.87. The van der Waals surface area contributed by atoms with Crippen LogP contribution in [0.5, 0.6) is 0 Å². The van der Waals surface area contributed by atoms with Crippen molar-refractivity contribution in [3.05, 3.63) is 11.7 Å². The van der Waals surface area contributed by atoms with E-state index in [1.54, 1.807) is 0 Å². The van der Waals surface area contributed by atoms with Gasteiger partial charge in [-0.25, -0.2) is 0 Å². The lowest BCUT2D eigenvalue weighted by Crippen LogP contribution is -2.25. The molecule has 96 valence electrons. The minimum atomic E-state index is 0.654. The van der Waals surface area contributed by atoms with Gasteiger partial charge in [-0.1, -0.05) is 31.8 Å². The van der Waals surface area contributed by atoms with E-state index in [4.69, 9.17) is 4.52 Å². The van der Waals surface area contributed by atoms with Crippen LogP contribution in [0.4, 0.5) is 0 Å². The zero-order valence-corrected chi connectivity index (χ0v) is 10.9. The molecule has 4 heteroatoms. The van der Waals surface area contributed by atoms with E-state index >= 15 is 0 Å². The Morgan fingerprint density at radius 1 is 1.35 bits per heavy atom. The molecule has 0 bridgehead atoms. The van der Waals surface area contributed by atoms with Gasteiger partial charge in [0.15, 0.2) is 5.82 Å². The summed E-state index contributed by atoms with van der Waals surface area (Å²) < 4.78 is 5.23. The first kappa shape index (κ1) is 12.6. The summed E-state index contributed by atoms with van der Waals surface area (Å²) in [5.74, 6) is 2.27. The second kappa shape index (κ2) is 6.15. The average molecular weight is 237 g/mol. The molecule has 1 N–H and O–H groups in total. The fourth-order valence-electron chi connectivity index (χ4n) is 2.24. The van der Waals surface area contributed by atoms with Crippen LogP contribution in [0.25, 0.3) is 0 Å². The molecule has 1 aromatic rings. The van der Waals surface area contributed by atoms with Crippen LogP contribution in [0.2, 0.25) is 0 Å². The van der Waals surface area contributed by atoms with Gasteiger partial charge >= 0.3 is 0 Å². The van der Waals surface area contributed by atoms with Crippen LogP contribution in [-0.4, -0.2) is 16.2 Å². The van der Waals surface area contributed by atoms with Gasteiger partial charge in [-0.3, -0.25) is 0 Å². The molecule has 0 atom stereocenters. The van der Waals surface area contributed by atoms with E-state index in [-0.39, 0.29) is 0 Å². The van der Waals surface area contributed by atoms with Gasteiger partial charge in [0.1, 0.15) is 0 Å². The van der Waals surface area contributed by atoms with Gasteiger partial charge < -0.3 is 9.84 Å². The summed E-state index contributed by atoms with van der Waals surface area (Å²) in [6.07, 6.45) is 7.31. The zero-order chi connectivity index (χ0) is 12.1. The Hall–Kier alpha value is -0.900. The lowest BCUT2D eigenvalue weighted by atomic mass is 10.1. The summed E-state index contributed by atoms with van der Waals surface area (Å²) in [5.41, 5.74) is 0. The molecule has 1 aromatic heterocycles. The SMILES string of the molecule is CC(C)CCc1noc(CNC2CCCC2)n1. The molecule has 0 spiro atoms. The van der Waals surface area contributed by atoms with Gasteiger partial charge in [0.2, 0.25) is 5.89 Å². The fraction of sp³-hybridized carbons (Fsp3) is 0.846. The summed E-state index contributed by atoms with van der Waals surface area (Å²) in [5, 5.41) is 7.49. The molecule has 1 fully saturated rings. The first-order valence-corrected chi connectivity index (χ1v) is 6.79. The van der Waals surface area contributed by atoms with Crippen LogP contribution in [0, 0.1) is 5.92 Å². The van der Waals surface area contributed by atoms with Gasteiger partial charge in [-0.15, -0.1) is 0 Å². The maximum atomic E-state index is 5.23. The third-order valence-corrected chi connectivity index (χ3v) is 3.35. The van der Waals surface area contributed by atoms with Gasteiger partial charge in [0, 0.05) is 12.5 Å². The molecule has 1 saturated carbocycles. The largest absolute Gasteiger partial charge is 0.338 e. The van der Waals surface area contributed by atoms with E-state index in [0.29, 0.717) is 12.0 Å². The Morgan fingerprint density at radius 2 is 2.12 bits per heavy atom. The van der Waals surface area contributed by atoms with Crippen LogP contribution >= 0.6 is 0 Å². The Balaban J connectivity index is 1.73. The molecule has 0 aromatic carbocycles. The van der Waals surface area contributed by atoms with Crippen LogP contribution in [0.15, 0.2) is 4.52 Å². The van der Waals surface area contributed by atoms with Crippen LogP contribution in [0.3, 0.4) is 0 Å². The summed E-state index contributed by atoms with van der Waals surface area (Å²) in [6.45, 7) is 5.14. The van der Waals surface area contributed by atoms with E-state index < -0.39 is 0 Å². The Kier molecular flexibility index (Phi) is 4.54. The van der Waals surface area contributed by atoms with Crippen molar-refractivity contribution in [2.75, 3.05) is 0 Å². The second-order valence-electron chi connectivity index (χ2n) is 5.40. The maximum Gasteiger partial charge on any atom is 0.240 e. The quantitative estimate of drug-likeness (QED) is 0.826. The lowest BCUT2D eigenvalue weighted by molar-refractivity contribution is 0.352. The third-order valence-electron chi connectivity index (χ3n) is 3.35. The van der Waals surface area contributed by atoms with E-state index in [1.807, 2.05) is 0 Å². The molecule has 0 aliphatic heterocycles. The number of aromatic nitrogens is 2. The highest BCUT2D eigenvalue weighted by atomic mass is 16.5. The first-order chi connectivity index (χ1) is 8.24. The summed E-state index contributed by atoms with van der Waals surface area (Å²) in [7, 11) is 0. The molecule has 0 amide bonds. The van der Waals surface area contributed by atoms with Crippen molar-refractivity contribution < 1.29 is 4.52 Å². The topological polar surface area (TPSA) is 51.0 Å². The molecular formula is C13H23N3O. The number of nitrogens with one attached hydrogen (secondary N) is 1. The van der Waals surface area contributed by atoms with Crippen molar-refractivity contribution in [1.29, 1.82) is 0 Å². The number of aryl methyl sites for hydroxylation is 1. The zero-order valence-electron chi connectivity index (χ0n) is 10.9. The minimum Gasteiger partial charge on any atom is -0.338 e. The van der Waals surface area contributed by atoms with Crippen molar-refractivity contribution in [2.24, 2.45) is 5.92 Å². The molecule has 1 aliphatic carbocycles. The predicted octanol–water partition coefficient (Wildman–Crippen LogP) is 2.69. The van der Waals surface area contributed by atoms with E-state index in [9.17, 15) is 0 Å². The Morgan fingerprint density at radius 3 is 2.82 bits per heavy atom. The normalized spacial score (nSPS) is 17.1. The summed E-state index contributed by atoms with van der Waals surface area (Å²) >= 11 is 0. The molecule has 0 radical (unpaired) electrons. The number of hydrogen-bond donors (Lipinski definition) is 1. The Bertz CT molecular complexity index is 329. The molecule has 1 heterocycles. The number of nitrogens with zero attached hydrogens (tertiary/aromatic N) is 2. The molecular weight excluding hydrogens is 214 g/mol. The lowest BCUT2D eigenvalue weighted by Gasteiger charge is -2.08. The van der Waals surface area contributed by atoms with Crippen molar-refractivity contribution in [3.63, 3.8) is 0 Å². The highest BCUT2D eigenvalue weighted by Gasteiger charge is 2.15. The van der Waals surface area contributed by atoms with E-state index in [2.05, 4.69) is 29.3 Å². The van der Waals surface area contributed by atoms with Crippen molar-refractivity contribution in [1.82, 2.24) is 15.5 Å². The summed E-state index contributed by atoms with van der Waals surface area (Å²) in [4.78, 5) is 4.40. The highest BCUT2D eigenvalue weighted by Crippen LogP contribution is 2.18. The molecule has 1 aliphatic rings. The number of rotatable bonds is 6. The monoisotopic (exact) mass is 237 g/mol. The van der Waals surface area contributed by atoms with Crippen molar-refractivity contribution >= 4 is 0 Å². The number of hydrogen-bond acceptors (Lipinski definition) is 4. The minimum absolute atomic E-state index is 0.654. The van der Waals surface area contributed by atoms with Crippen molar-refractivity contribution in [3.8, 4) is 0 Å². The third kappa shape index (κ3) is 4.11. The molecule has 0 saturated heterocycles. The van der Waals surface area contributed by atoms with Gasteiger partial charge in [-0.2, -0.15) is 4.98 Å². The Labute approximate surface area is 103 Å². The van der Waals surface area contributed by atoms with Gasteiger partial charge in [0.05, 0.1) is 6.54 Å². The second-order valence-corrected chi connectivity index (χ2v) is 5.40. The molecule has 0 unspecified atom stereocenters. The summed E-state index contributed by atoms with van der Waals surface area (Å²) in [6, 6.07) is 0.654. The van der Waals surface area contributed by atoms with Gasteiger partial charge in [0.25, 0.3) is 0 Å². The predicted molar refractivity (Wildman–Crippen MR) is 66.6 cm³/mol. The fourth-order valence-corrected chi connectivity index (χ4v) is 2.24. The standard InChI is InChI=1S/C13H23N3O/c1-10(2)7-8-12-15-13(17-16-12)9-14-11-5-3-4-6-11/h10-11,14H,3-9H2,1-2H3. The van der Waals surface area contributed by atoms with Crippen LogP contribution < -0.4 is 5.32 Å². The average Bonchev–Trinajstić information content (AvgIpc) is 2.95. The van der Waals surface area contributed by atoms with Gasteiger partial charge in [-0.05, 0) is 25.2 Å². The first-order valence-electron chi connectivity index (χ1n) is 6.79. The molecule has 17 heavy (non-hydrogen) atoms. The van der Waals surface area contributed by atoms with E-state index in [1.165, 1.54) is 25.7 Å². The van der Waals surface area contributed by atoms with Crippen molar-refractivity contribution in [2.45, 2.75) is 65.0 Å².